The summed E-state index contributed by atoms with van der Waals surface area (Å²) in [4.78, 5) is 120. The predicted molar refractivity (Wildman–Crippen MR) is 284 cm³/mol. The summed E-state index contributed by atoms with van der Waals surface area (Å²) in [5.41, 5.74) is 9.72. The second-order valence-corrected chi connectivity index (χ2v) is 20.3. The maximum atomic E-state index is 14.1. The number of hydrogen-bond acceptors (Lipinski definition) is 35. The van der Waals surface area contributed by atoms with Crippen molar-refractivity contribution in [3.63, 3.8) is 0 Å². The van der Waals surface area contributed by atoms with Gasteiger partial charge in [-0.25, -0.2) is 9.59 Å². The van der Waals surface area contributed by atoms with Crippen LogP contribution in [0.4, 0.5) is 0 Å². The first-order chi connectivity index (χ1) is 42.8. The van der Waals surface area contributed by atoms with Crippen molar-refractivity contribution in [3.8, 4) is 0 Å². The van der Waals surface area contributed by atoms with E-state index in [9.17, 15) is 48.7 Å². The fraction of sp³-hybridized carbons (Fsp3) is 0.830. The number of ether oxygens (including phenoxy) is 25. The van der Waals surface area contributed by atoms with Gasteiger partial charge in [-0.15, -0.1) is 0 Å². The summed E-state index contributed by atoms with van der Waals surface area (Å²) < 4.78 is 147. The number of methoxy groups -OCH3 is 9. The molecule has 0 aromatic rings. The molecule has 90 heavy (non-hydrogen) atoms. The molecule has 25 atom stereocenters. The van der Waals surface area contributed by atoms with Crippen molar-refractivity contribution >= 4 is 53.7 Å². The third-order valence-electron chi connectivity index (χ3n) is 14.4. The summed E-state index contributed by atoms with van der Waals surface area (Å²) in [5, 5.41) is 3.85. The van der Waals surface area contributed by atoms with Gasteiger partial charge in [-0.3, -0.25) is 33.6 Å². The van der Waals surface area contributed by atoms with Crippen LogP contribution in [0.1, 0.15) is 48.5 Å². The van der Waals surface area contributed by atoms with E-state index in [-0.39, 0.29) is 0 Å². The Morgan fingerprint density at radius 3 is 0.978 bits per heavy atom. The van der Waals surface area contributed by atoms with Crippen LogP contribution in [0.15, 0.2) is 5.11 Å². The topological polar surface area (TPSA) is 433 Å². The number of carbonyl (C=O) groups excluding carboxylic acids is 9. The minimum atomic E-state index is -2.04. The lowest BCUT2D eigenvalue weighted by Crippen LogP contribution is -2.70. The molecule has 0 amide bonds. The Kier molecular flexibility index (Phi) is 29.1. The number of hydrogen-bond donors (Lipinski definition) is 0. The van der Waals surface area contributed by atoms with Gasteiger partial charge in [0.15, 0.2) is 68.1 Å². The van der Waals surface area contributed by atoms with E-state index in [1.54, 1.807) is 0 Å². The van der Waals surface area contributed by atoms with E-state index < -0.39 is 227 Å². The van der Waals surface area contributed by atoms with Crippen LogP contribution in [0, 0.1) is 0 Å². The van der Waals surface area contributed by atoms with Crippen molar-refractivity contribution in [1.29, 1.82) is 0 Å². The molecule has 37 nitrogen and oxygen atoms in total. The lowest BCUT2D eigenvalue weighted by Gasteiger charge is -2.51. The van der Waals surface area contributed by atoms with Crippen LogP contribution in [0.25, 0.3) is 10.4 Å². The van der Waals surface area contributed by atoms with Crippen LogP contribution in [0.5, 0.6) is 0 Å². The van der Waals surface area contributed by atoms with Crippen molar-refractivity contribution in [2.24, 2.45) is 5.11 Å². The molecule has 5 aliphatic heterocycles. The molecule has 5 aliphatic rings. The predicted octanol–water partition coefficient (Wildman–Crippen LogP) is -1.67. The fourth-order valence-corrected chi connectivity index (χ4v) is 10.8. The first-order valence-electron chi connectivity index (χ1n) is 27.7. The van der Waals surface area contributed by atoms with Crippen molar-refractivity contribution in [2.45, 2.75) is 202 Å². The molecule has 5 heterocycles. The van der Waals surface area contributed by atoms with Gasteiger partial charge in [-0.05, 0) is 5.53 Å². The van der Waals surface area contributed by atoms with Crippen LogP contribution < -0.4 is 0 Å². The first kappa shape index (κ1) is 74.6. The Bertz CT molecular complexity index is 2490. The van der Waals surface area contributed by atoms with Crippen molar-refractivity contribution in [2.75, 3.05) is 83.8 Å². The molecule has 5 rings (SSSR count). The van der Waals surface area contributed by atoms with Gasteiger partial charge >= 0.3 is 53.7 Å². The summed E-state index contributed by atoms with van der Waals surface area (Å²) in [5.74, 6) is -8.50. The monoisotopic (exact) mass is 1300 g/mol. The summed E-state index contributed by atoms with van der Waals surface area (Å²) in [6, 6.07) is -1.38. The molecular formula is C53H79N3O34. The summed E-state index contributed by atoms with van der Waals surface area (Å²) in [6.07, 6.45) is -39.1. The van der Waals surface area contributed by atoms with Crippen LogP contribution in [-0.2, 0) is 162 Å². The SMILES string of the molecule is COC(=O)C1O[C@@H](O[C@H]2C(OC(C)=O)C(OC(C)=O)[C@@H](O[C@H]3C(OC)C(OC)[C@H](O[C@@H]4C(COC(C)=O)O[C@H](OC)C(OC(C)=O)[C@H]4OC(C)=O)O[C@H]3C(=O)OC)O[C@H]2COC(C)=O)C(OC)[C@@H](OC)[C@@H]1O[C@H]1OC(COC(C)=O)[C@@H](OC)[C@H](OC)C1N=[N+]=[N-]. The Morgan fingerprint density at radius 2 is 0.644 bits per heavy atom. The van der Waals surface area contributed by atoms with Crippen molar-refractivity contribution in [3.05, 3.63) is 10.4 Å². The number of nitrogens with zero attached hydrogens (tertiary/aromatic N) is 3. The normalized spacial score (nSPS) is 36.7. The third-order valence-corrected chi connectivity index (χ3v) is 14.4. The summed E-state index contributed by atoms with van der Waals surface area (Å²) in [7, 11) is 10.5. The van der Waals surface area contributed by atoms with E-state index in [0.29, 0.717) is 0 Å². The molecule has 0 aliphatic carbocycles. The van der Waals surface area contributed by atoms with Crippen LogP contribution >= 0.6 is 0 Å². The number of carbonyl (C=O) groups is 9. The Morgan fingerprint density at radius 1 is 0.333 bits per heavy atom. The highest BCUT2D eigenvalue weighted by atomic mass is 16.8. The lowest BCUT2D eigenvalue weighted by atomic mass is 9.94. The molecule has 0 bridgehead atoms. The quantitative estimate of drug-likeness (QED) is 0.0278. The van der Waals surface area contributed by atoms with Gasteiger partial charge in [0.1, 0.15) is 99.1 Å². The summed E-state index contributed by atoms with van der Waals surface area (Å²) >= 11 is 0. The fourth-order valence-electron chi connectivity index (χ4n) is 10.8. The van der Waals surface area contributed by atoms with Gasteiger partial charge in [-0.1, -0.05) is 5.11 Å². The van der Waals surface area contributed by atoms with Gasteiger partial charge in [0, 0.05) is 103 Å². The largest absolute Gasteiger partial charge is 0.467 e. The third kappa shape index (κ3) is 18.6. The number of rotatable bonds is 28. The maximum Gasteiger partial charge on any atom is 0.337 e. The van der Waals surface area contributed by atoms with E-state index in [1.165, 1.54) is 42.7 Å². The number of azide groups is 1. The van der Waals surface area contributed by atoms with Gasteiger partial charge < -0.3 is 118 Å². The van der Waals surface area contributed by atoms with Crippen molar-refractivity contribution < 1.29 is 162 Å². The summed E-state index contributed by atoms with van der Waals surface area (Å²) in [6.45, 7) is 5.60. The smallest absolute Gasteiger partial charge is 0.337 e. The van der Waals surface area contributed by atoms with Crippen LogP contribution in [0.3, 0.4) is 0 Å². The van der Waals surface area contributed by atoms with E-state index in [1.807, 2.05) is 0 Å². The molecule has 37 heteroatoms. The van der Waals surface area contributed by atoms with E-state index in [0.717, 1.165) is 69.8 Å². The molecule has 5 fully saturated rings. The Labute approximate surface area is 515 Å². The molecule has 0 spiro atoms. The molecule has 0 aromatic carbocycles. The molecule has 510 valence electrons. The second-order valence-electron chi connectivity index (χ2n) is 20.3. The number of esters is 9. The minimum Gasteiger partial charge on any atom is -0.467 e. The minimum absolute atomic E-state index is 0.406. The first-order valence-corrected chi connectivity index (χ1v) is 27.7. The van der Waals surface area contributed by atoms with E-state index in [4.69, 9.17) is 118 Å². The van der Waals surface area contributed by atoms with Gasteiger partial charge in [0.25, 0.3) is 0 Å². The standard InChI is InChI=1S/C53H79N3O34/c1-20(57)75-17-27-31(66-8)34(67-9)30(55-56-54)49(82-27)87-39-35(68-10)43(70-12)51(89-41(39)47(64)72-14)86-33-29(19-77-22(3)59)84-53(46(81-26(7)63)38(33)79-24(5)61)88-40-36(69-11)44(71-13)52(90-42(40)48(65)73-15)85-32-28(18-76-21(2)58)83-50(74-16)45(80-25(6)62)37(32)78-23(4)60/h27-46,49-53H,17-19H2,1-16H3/t27?,28?,29-,30?,31+,32+,33+,34+,35-,36?,37-,38?,39-,40-,41?,42+,43?,44?,45?,46?,49+,50-,51+,52+,53+/m0/s1. The highest BCUT2D eigenvalue weighted by molar-refractivity contribution is 5.76. The maximum absolute atomic E-state index is 14.1. The Balaban J connectivity index is 1.59. The van der Waals surface area contributed by atoms with Gasteiger partial charge in [0.05, 0.1) is 20.3 Å². The average molecular weight is 1300 g/mol. The lowest BCUT2D eigenvalue weighted by molar-refractivity contribution is -0.390. The van der Waals surface area contributed by atoms with Gasteiger partial charge in [0.2, 0.25) is 0 Å². The highest BCUT2D eigenvalue weighted by Gasteiger charge is 2.62. The molecule has 0 saturated carbocycles. The van der Waals surface area contributed by atoms with Crippen LogP contribution in [-0.4, -0.2) is 291 Å². The van der Waals surface area contributed by atoms with E-state index in [2.05, 4.69) is 10.0 Å². The highest BCUT2D eigenvalue weighted by Crippen LogP contribution is 2.41. The molecular weight excluding hydrogens is 1220 g/mol. The zero-order valence-electron chi connectivity index (χ0n) is 52.3. The molecule has 0 N–H and O–H groups in total. The zero-order valence-corrected chi connectivity index (χ0v) is 52.3. The van der Waals surface area contributed by atoms with E-state index >= 15 is 0 Å². The average Bonchev–Trinajstić information content (AvgIpc) is 1.38. The molecule has 0 aromatic heterocycles. The van der Waals surface area contributed by atoms with Crippen molar-refractivity contribution in [1.82, 2.24) is 0 Å². The second kappa shape index (κ2) is 35.1. The zero-order chi connectivity index (χ0) is 66.8. The Hall–Kier alpha value is -6.10. The molecule has 0 radical (unpaired) electrons. The van der Waals surface area contributed by atoms with Crippen LogP contribution in [0.2, 0.25) is 0 Å². The molecule has 10 unspecified atom stereocenters. The van der Waals surface area contributed by atoms with Gasteiger partial charge in [-0.2, -0.15) is 0 Å². The molecule has 5 saturated heterocycles.